The maximum Gasteiger partial charge on any atom is 0.244 e. The van der Waals surface area contributed by atoms with Crippen LogP contribution in [0.1, 0.15) is 5.56 Å². The van der Waals surface area contributed by atoms with Crippen LogP contribution in [0.25, 0.3) is 11.1 Å². The van der Waals surface area contributed by atoms with E-state index in [1.165, 1.54) is 4.31 Å². The van der Waals surface area contributed by atoms with Gasteiger partial charge >= 0.3 is 0 Å². The van der Waals surface area contributed by atoms with Crippen molar-refractivity contribution in [1.82, 2.24) is 4.31 Å². The van der Waals surface area contributed by atoms with E-state index in [1.54, 1.807) is 24.3 Å². The van der Waals surface area contributed by atoms with Gasteiger partial charge < -0.3 is 0 Å². The molecule has 0 unspecified atom stereocenters. The van der Waals surface area contributed by atoms with Crippen LogP contribution in [0.3, 0.4) is 0 Å². The summed E-state index contributed by atoms with van der Waals surface area (Å²) < 4.78 is 27.1. The first-order valence-electron chi connectivity index (χ1n) is 8.18. The van der Waals surface area contributed by atoms with Gasteiger partial charge in [0.05, 0.1) is 11.0 Å². The fourth-order valence-corrected chi connectivity index (χ4v) is 4.02. The third kappa shape index (κ3) is 3.99. The predicted molar refractivity (Wildman–Crippen MR) is 102 cm³/mol. The molecule has 0 amide bonds. The summed E-state index contributed by atoms with van der Waals surface area (Å²) in [5, 5.41) is 9.06. The van der Waals surface area contributed by atoms with Crippen molar-refractivity contribution in [3.63, 3.8) is 0 Å². The largest absolute Gasteiger partial charge is 0.244 e. The lowest BCUT2D eigenvalue weighted by Gasteiger charge is -2.19. The lowest BCUT2D eigenvalue weighted by Crippen LogP contribution is -2.31. The van der Waals surface area contributed by atoms with Crippen molar-refractivity contribution >= 4 is 10.0 Å². The van der Waals surface area contributed by atoms with E-state index in [1.807, 2.05) is 66.7 Å². The molecule has 0 saturated heterocycles. The third-order valence-corrected chi connectivity index (χ3v) is 5.85. The fraction of sp³-hybridized carbons (Fsp3) is 0.0952. The van der Waals surface area contributed by atoms with Crippen molar-refractivity contribution in [2.24, 2.45) is 0 Å². The first-order valence-corrected chi connectivity index (χ1v) is 9.62. The molecule has 26 heavy (non-hydrogen) atoms. The minimum Gasteiger partial charge on any atom is -0.207 e. The van der Waals surface area contributed by atoms with Crippen LogP contribution in [0.2, 0.25) is 0 Å². The molecule has 130 valence electrons. The second kappa shape index (κ2) is 7.96. The lowest BCUT2D eigenvalue weighted by atomic mass is 10.1. The van der Waals surface area contributed by atoms with Crippen molar-refractivity contribution < 1.29 is 8.42 Å². The van der Waals surface area contributed by atoms with Crippen molar-refractivity contribution in [2.45, 2.75) is 11.4 Å². The van der Waals surface area contributed by atoms with Gasteiger partial charge in [0, 0.05) is 6.54 Å². The summed E-state index contributed by atoms with van der Waals surface area (Å²) in [4.78, 5) is 0.184. The summed E-state index contributed by atoms with van der Waals surface area (Å²) in [6.45, 7) is -0.0329. The standard InChI is InChI=1S/C21H18N2O2S/c22-15-16-23(17-18-7-3-1-4-8-18)26(24,25)21-13-11-20(12-14-21)19-9-5-2-6-10-19/h1-14H,16-17H2. The van der Waals surface area contributed by atoms with Crippen LogP contribution >= 0.6 is 0 Å². The minimum absolute atomic E-state index is 0.164. The molecule has 0 heterocycles. The van der Waals surface area contributed by atoms with Gasteiger partial charge in [0.25, 0.3) is 0 Å². The second-order valence-corrected chi connectivity index (χ2v) is 7.75. The average molecular weight is 362 g/mol. The number of nitriles is 1. The van der Waals surface area contributed by atoms with E-state index in [0.29, 0.717) is 0 Å². The van der Waals surface area contributed by atoms with Gasteiger partial charge in [-0.25, -0.2) is 8.42 Å². The van der Waals surface area contributed by atoms with Crippen LogP contribution < -0.4 is 0 Å². The van der Waals surface area contributed by atoms with Gasteiger partial charge in [-0.2, -0.15) is 9.57 Å². The van der Waals surface area contributed by atoms with Gasteiger partial charge in [0.2, 0.25) is 10.0 Å². The van der Waals surface area contributed by atoms with Crippen LogP contribution in [0, 0.1) is 11.3 Å². The Morgan fingerprint density at radius 2 is 1.31 bits per heavy atom. The molecule has 0 aliphatic heterocycles. The summed E-state index contributed by atoms with van der Waals surface area (Å²) in [6.07, 6.45) is 0. The van der Waals surface area contributed by atoms with Crippen LogP contribution in [0.15, 0.2) is 89.8 Å². The molecule has 3 aromatic carbocycles. The molecule has 3 rings (SSSR count). The Bertz CT molecular complexity index is 993. The zero-order valence-electron chi connectivity index (χ0n) is 14.1. The molecule has 0 saturated carbocycles. The Balaban J connectivity index is 1.88. The SMILES string of the molecule is N#CCN(Cc1ccccc1)S(=O)(=O)c1ccc(-c2ccccc2)cc1. The first kappa shape index (κ1) is 17.9. The Labute approximate surface area is 154 Å². The predicted octanol–water partition coefficient (Wildman–Crippen LogP) is 4.07. The highest BCUT2D eigenvalue weighted by Crippen LogP contribution is 2.23. The van der Waals surface area contributed by atoms with Gasteiger partial charge in [0.15, 0.2) is 0 Å². The highest BCUT2D eigenvalue weighted by molar-refractivity contribution is 7.89. The Morgan fingerprint density at radius 3 is 1.88 bits per heavy atom. The summed E-state index contributed by atoms with van der Waals surface area (Å²) in [6, 6.07) is 27.7. The number of hydrogen-bond donors (Lipinski definition) is 0. The lowest BCUT2D eigenvalue weighted by molar-refractivity contribution is 0.441. The summed E-state index contributed by atoms with van der Waals surface area (Å²) in [7, 11) is -3.75. The quantitative estimate of drug-likeness (QED) is 0.621. The zero-order chi connectivity index (χ0) is 18.4. The Kier molecular flexibility index (Phi) is 5.47. The molecular weight excluding hydrogens is 344 g/mol. The zero-order valence-corrected chi connectivity index (χ0v) is 14.9. The molecule has 3 aromatic rings. The van der Waals surface area contributed by atoms with Crippen LogP contribution in [-0.2, 0) is 16.6 Å². The second-order valence-electron chi connectivity index (χ2n) is 5.81. The molecule has 0 spiro atoms. The molecule has 0 bridgehead atoms. The number of nitrogens with zero attached hydrogens (tertiary/aromatic N) is 2. The fourth-order valence-electron chi connectivity index (χ4n) is 2.69. The number of rotatable bonds is 6. The summed E-state index contributed by atoms with van der Waals surface area (Å²) in [5.41, 5.74) is 2.81. The van der Waals surface area contributed by atoms with E-state index in [9.17, 15) is 8.42 Å². The van der Waals surface area contributed by atoms with Crippen LogP contribution in [0.4, 0.5) is 0 Å². The van der Waals surface area contributed by atoms with Crippen LogP contribution in [-0.4, -0.2) is 19.3 Å². The molecule has 0 N–H and O–H groups in total. The molecule has 0 fully saturated rings. The molecule has 0 aliphatic rings. The van der Waals surface area contributed by atoms with Crippen molar-refractivity contribution in [3.05, 3.63) is 90.5 Å². The van der Waals surface area contributed by atoms with E-state index >= 15 is 0 Å². The highest BCUT2D eigenvalue weighted by Gasteiger charge is 2.24. The summed E-state index contributed by atoms with van der Waals surface area (Å²) in [5.74, 6) is 0. The van der Waals surface area contributed by atoms with E-state index in [0.717, 1.165) is 16.7 Å². The van der Waals surface area contributed by atoms with Crippen LogP contribution in [0.5, 0.6) is 0 Å². The third-order valence-electron chi connectivity index (χ3n) is 4.05. The Hall–Kier alpha value is -2.94. The average Bonchev–Trinajstić information content (AvgIpc) is 2.69. The Morgan fingerprint density at radius 1 is 0.769 bits per heavy atom. The van der Waals surface area contributed by atoms with Gasteiger partial charge in [-0.1, -0.05) is 72.8 Å². The molecular formula is C21H18N2O2S. The normalized spacial score (nSPS) is 11.2. The van der Waals surface area contributed by atoms with Crippen molar-refractivity contribution in [2.75, 3.05) is 6.54 Å². The van der Waals surface area contributed by atoms with E-state index in [2.05, 4.69) is 0 Å². The molecule has 5 heteroatoms. The molecule has 0 atom stereocenters. The number of sulfonamides is 1. The summed E-state index contributed by atoms with van der Waals surface area (Å²) >= 11 is 0. The number of benzene rings is 3. The molecule has 0 aliphatic carbocycles. The van der Waals surface area contributed by atoms with Crippen molar-refractivity contribution in [3.8, 4) is 17.2 Å². The minimum atomic E-state index is -3.75. The van der Waals surface area contributed by atoms with E-state index in [-0.39, 0.29) is 18.0 Å². The van der Waals surface area contributed by atoms with Gasteiger partial charge in [-0.3, -0.25) is 0 Å². The van der Waals surface area contributed by atoms with E-state index < -0.39 is 10.0 Å². The molecule has 0 aromatic heterocycles. The number of hydrogen-bond acceptors (Lipinski definition) is 3. The topological polar surface area (TPSA) is 61.2 Å². The van der Waals surface area contributed by atoms with Gasteiger partial charge in [0.1, 0.15) is 6.54 Å². The first-order chi connectivity index (χ1) is 12.6. The van der Waals surface area contributed by atoms with Gasteiger partial charge in [-0.15, -0.1) is 0 Å². The molecule has 4 nitrogen and oxygen atoms in total. The smallest absolute Gasteiger partial charge is 0.207 e. The molecule has 0 radical (unpaired) electrons. The monoisotopic (exact) mass is 362 g/mol. The van der Waals surface area contributed by atoms with E-state index in [4.69, 9.17) is 5.26 Å². The highest BCUT2D eigenvalue weighted by atomic mass is 32.2. The maximum absolute atomic E-state index is 12.9. The van der Waals surface area contributed by atoms with Crippen molar-refractivity contribution in [1.29, 1.82) is 5.26 Å². The maximum atomic E-state index is 12.9. The van der Waals surface area contributed by atoms with Gasteiger partial charge in [-0.05, 0) is 28.8 Å².